The molecule has 0 saturated carbocycles. The van der Waals surface area contributed by atoms with Crippen molar-refractivity contribution in [2.75, 3.05) is 5.32 Å². The first-order chi connectivity index (χ1) is 8.18. The zero-order chi connectivity index (χ0) is 12.3. The van der Waals surface area contributed by atoms with Gasteiger partial charge in [0.05, 0.1) is 12.6 Å². The van der Waals surface area contributed by atoms with E-state index in [2.05, 4.69) is 10.3 Å². The van der Waals surface area contributed by atoms with Gasteiger partial charge in [-0.25, -0.2) is 4.98 Å². The number of hydrogen-bond donors (Lipinski definition) is 2. The van der Waals surface area contributed by atoms with E-state index < -0.39 is 6.10 Å². The summed E-state index contributed by atoms with van der Waals surface area (Å²) < 4.78 is 1.97. The molecule has 0 radical (unpaired) electrons. The van der Waals surface area contributed by atoms with Crippen LogP contribution in [0.25, 0.3) is 0 Å². The molecule has 0 spiro atoms. The number of imidazole rings is 1. The SMILES string of the molecule is CC(O)c1ccccc1NCc1nccn1C. The molecule has 1 aromatic heterocycles. The van der Waals surface area contributed by atoms with Crippen LogP contribution < -0.4 is 5.32 Å². The minimum absolute atomic E-state index is 0.472. The normalized spacial score (nSPS) is 12.4. The molecule has 0 aliphatic carbocycles. The molecule has 1 heterocycles. The molecule has 4 heteroatoms. The number of hydrogen-bond acceptors (Lipinski definition) is 3. The predicted molar refractivity (Wildman–Crippen MR) is 67.6 cm³/mol. The quantitative estimate of drug-likeness (QED) is 0.847. The Morgan fingerprint density at radius 1 is 1.41 bits per heavy atom. The van der Waals surface area contributed by atoms with Gasteiger partial charge < -0.3 is 15.0 Å². The number of aliphatic hydroxyl groups excluding tert-OH is 1. The fraction of sp³-hybridized carbons (Fsp3) is 0.308. The number of aromatic nitrogens is 2. The van der Waals surface area contributed by atoms with Crippen LogP contribution in [0.5, 0.6) is 0 Å². The first-order valence-corrected chi connectivity index (χ1v) is 5.65. The fourth-order valence-corrected chi connectivity index (χ4v) is 1.76. The van der Waals surface area contributed by atoms with E-state index in [0.717, 1.165) is 17.1 Å². The Morgan fingerprint density at radius 3 is 2.82 bits per heavy atom. The summed E-state index contributed by atoms with van der Waals surface area (Å²) in [5.74, 6) is 0.963. The van der Waals surface area contributed by atoms with Crippen LogP contribution >= 0.6 is 0 Å². The van der Waals surface area contributed by atoms with Crippen LogP contribution in [-0.2, 0) is 13.6 Å². The third-order valence-corrected chi connectivity index (χ3v) is 2.77. The standard InChI is InChI=1S/C13H17N3O/c1-10(17)11-5-3-4-6-12(11)15-9-13-14-7-8-16(13)2/h3-8,10,15,17H,9H2,1-2H3. The van der Waals surface area contributed by atoms with Crippen molar-refractivity contribution >= 4 is 5.69 Å². The molecule has 1 aromatic carbocycles. The van der Waals surface area contributed by atoms with Crippen molar-refractivity contribution in [3.8, 4) is 0 Å². The van der Waals surface area contributed by atoms with Crippen molar-refractivity contribution in [3.63, 3.8) is 0 Å². The Morgan fingerprint density at radius 2 is 2.18 bits per heavy atom. The van der Waals surface area contributed by atoms with Crippen LogP contribution in [0.3, 0.4) is 0 Å². The van der Waals surface area contributed by atoms with E-state index >= 15 is 0 Å². The molecule has 0 bridgehead atoms. The number of nitrogens with one attached hydrogen (secondary N) is 1. The average molecular weight is 231 g/mol. The van der Waals surface area contributed by atoms with Gasteiger partial charge in [0.25, 0.3) is 0 Å². The Kier molecular flexibility index (Phi) is 3.44. The molecule has 0 aliphatic heterocycles. The number of benzene rings is 1. The monoisotopic (exact) mass is 231 g/mol. The second-order valence-electron chi connectivity index (χ2n) is 4.07. The van der Waals surface area contributed by atoms with E-state index in [1.165, 1.54) is 0 Å². The first kappa shape index (κ1) is 11.7. The van der Waals surface area contributed by atoms with Gasteiger partial charge in [0.15, 0.2) is 0 Å². The maximum absolute atomic E-state index is 9.66. The molecular weight excluding hydrogens is 214 g/mol. The Balaban J connectivity index is 2.11. The van der Waals surface area contributed by atoms with Gasteiger partial charge in [-0.2, -0.15) is 0 Å². The number of aryl methyl sites for hydroxylation is 1. The third-order valence-electron chi connectivity index (χ3n) is 2.77. The molecule has 0 amide bonds. The number of aliphatic hydroxyl groups is 1. The van der Waals surface area contributed by atoms with Gasteiger partial charge in [-0.3, -0.25) is 0 Å². The molecule has 0 aliphatic rings. The number of nitrogens with zero attached hydrogens (tertiary/aromatic N) is 2. The van der Waals surface area contributed by atoms with Crippen molar-refractivity contribution in [1.82, 2.24) is 9.55 Å². The molecule has 0 fully saturated rings. The summed E-state index contributed by atoms with van der Waals surface area (Å²) in [7, 11) is 1.96. The third kappa shape index (κ3) is 2.65. The van der Waals surface area contributed by atoms with Crippen molar-refractivity contribution < 1.29 is 5.11 Å². The highest BCUT2D eigenvalue weighted by Crippen LogP contribution is 2.22. The molecule has 1 atom stereocenters. The zero-order valence-electron chi connectivity index (χ0n) is 10.1. The molecule has 2 N–H and O–H groups in total. The number of anilines is 1. The van der Waals surface area contributed by atoms with Crippen molar-refractivity contribution in [2.24, 2.45) is 7.05 Å². The van der Waals surface area contributed by atoms with Gasteiger partial charge in [-0.1, -0.05) is 18.2 Å². The first-order valence-electron chi connectivity index (χ1n) is 5.65. The predicted octanol–water partition coefficient (Wildman–Crippen LogP) is 2.09. The van der Waals surface area contributed by atoms with Gasteiger partial charge >= 0.3 is 0 Å². The largest absolute Gasteiger partial charge is 0.389 e. The smallest absolute Gasteiger partial charge is 0.127 e. The van der Waals surface area contributed by atoms with E-state index in [1.807, 2.05) is 42.1 Å². The van der Waals surface area contributed by atoms with Crippen molar-refractivity contribution in [2.45, 2.75) is 19.6 Å². The van der Waals surface area contributed by atoms with Gasteiger partial charge in [0.1, 0.15) is 5.82 Å². The Labute approximate surface area is 101 Å². The summed E-state index contributed by atoms with van der Waals surface area (Å²) in [5, 5.41) is 12.9. The lowest BCUT2D eigenvalue weighted by Crippen LogP contribution is -2.08. The molecule has 0 saturated heterocycles. The Bertz CT molecular complexity index is 491. The van der Waals surface area contributed by atoms with Crippen molar-refractivity contribution in [1.29, 1.82) is 0 Å². The summed E-state index contributed by atoms with van der Waals surface area (Å²) in [5.41, 5.74) is 1.85. The van der Waals surface area contributed by atoms with Crippen LogP contribution in [0.15, 0.2) is 36.7 Å². The lowest BCUT2D eigenvalue weighted by Gasteiger charge is -2.13. The topological polar surface area (TPSA) is 50.1 Å². The summed E-state index contributed by atoms with van der Waals surface area (Å²) in [4.78, 5) is 4.24. The minimum atomic E-state index is -0.472. The summed E-state index contributed by atoms with van der Waals surface area (Å²) in [6.07, 6.45) is 3.22. The van der Waals surface area contributed by atoms with E-state index in [0.29, 0.717) is 6.54 Å². The minimum Gasteiger partial charge on any atom is -0.389 e. The second kappa shape index (κ2) is 5.01. The highest BCUT2D eigenvalue weighted by atomic mass is 16.3. The van der Waals surface area contributed by atoms with E-state index in [9.17, 15) is 5.11 Å². The van der Waals surface area contributed by atoms with Crippen molar-refractivity contribution in [3.05, 3.63) is 48.0 Å². The lowest BCUT2D eigenvalue weighted by molar-refractivity contribution is 0.200. The van der Waals surface area contributed by atoms with Crippen LogP contribution in [0.2, 0.25) is 0 Å². The molecule has 4 nitrogen and oxygen atoms in total. The lowest BCUT2D eigenvalue weighted by atomic mass is 10.1. The maximum atomic E-state index is 9.66. The van der Waals surface area contributed by atoms with E-state index in [-0.39, 0.29) is 0 Å². The number of rotatable bonds is 4. The van der Waals surface area contributed by atoms with Gasteiger partial charge in [0.2, 0.25) is 0 Å². The van der Waals surface area contributed by atoms with Gasteiger partial charge in [-0.15, -0.1) is 0 Å². The van der Waals surface area contributed by atoms with E-state index in [1.54, 1.807) is 13.1 Å². The zero-order valence-corrected chi connectivity index (χ0v) is 10.1. The maximum Gasteiger partial charge on any atom is 0.127 e. The highest BCUT2D eigenvalue weighted by Gasteiger charge is 2.07. The summed E-state index contributed by atoms with van der Waals surface area (Å²) in [6.45, 7) is 2.41. The molecule has 1 unspecified atom stereocenters. The molecule has 17 heavy (non-hydrogen) atoms. The van der Waals surface area contributed by atoms with Crippen LogP contribution in [0.4, 0.5) is 5.69 Å². The highest BCUT2D eigenvalue weighted by molar-refractivity contribution is 5.52. The van der Waals surface area contributed by atoms with E-state index in [4.69, 9.17) is 0 Å². The molecule has 2 aromatic rings. The van der Waals surface area contributed by atoms with Crippen LogP contribution in [0.1, 0.15) is 24.4 Å². The molecule has 90 valence electrons. The van der Waals surface area contributed by atoms with Crippen LogP contribution in [0, 0.1) is 0 Å². The fourth-order valence-electron chi connectivity index (χ4n) is 1.76. The molecule has 2 rings (SSSR count). The van der Waals surface area contributed by atoms with Crippen LogP contribution in [-0.4, -0.2) is 14.7 Å². The average Bonchev–Trinajstić information content (AvgIpc) is 2.72. The second-order valence-corrected chi connectivity index (χ2v) is 4.07. The van der Waals surface area contributed by atoms with Gasteiger partial charge in [-0.05, 0) is 13.0 Å². The number of para-hydroxylation sites is 1. The Hall–Kier alpha value is -1.81. The van der Waals surface area contributed by atoms with Gasteiger partial charge in [0, 0.05) is 30.7 Å². The summed E-state index contributed by atoms with van der Waals surface area (Å²) in [6, 6.07) is 7.76. The summed E-state index contributed by atoms with van der Waals surface area (Å²) >= 11 is 0. The molecular formula is C13H17N3O.